The fraction of sp³-hybridized carbons (Fsp3) is 0.571. The highest BCUT2D eigenvalue weighted by Gasteiger charge is 2.25. The molecule has 0 spiro atoms. The minimum Gasteiger partial charge on any atom is -0.384 e. The van der Waals surface area contributed by atoms with E-state index >= 15 is 0 Å². The van der Waals surface area contributed by atoms with E-state index < -0.39 is 0 Å². The molecule has 0 aromatic carbocycles. The molecule has 1 fully saturated rings. The number of methoxy groups -OCH3 is 1. The van der Waals surface area contributed by atoms with Crippen molar-refractivity contribution in [1.29, 1.82) is 5.26 Å². The van der Waals surface area contributed by atoms with Crippen LogP contribution in [0.2, 0.25) is 0 Å². The molecule has 1 atom stereocenters. The molecular formula is C14H19N3O. The Morgan fingerprint density at radius 2 is 2.33 bits per heavy atom. The van der Waals surface area contributed by atoms with Crippen LogP contribution in [0.4, 0.5) is 5.82 Å². The van der Waals surface area contributed by atoms with E-state index in [-0.39, 0.29) is 0 Å². The van der Waals surface area contributed by atoms with Crippen LogP contribution >= 0.6 is 0 Å². The Kier molecular flexibility index (Phi) is 3.83. The molecule has 0 aliphatic carbocycles. The molecule has 1 aliphatic heterocycles. The third kappa shape index (κ3) is 2.46. The number of aromatic nitrogens is 1. The minimum absolute atomic E-state index is 0.546. The molecule has 0 N–H and O–H groups in total. The van der Waals surface area contributed by atoms with Gasteiger partial charge in [0, 0.05) is 31.8 Å². The number of aryl methyl sites for hydroxylation is 2. The molecule has 2 rings (SSSR count). The Hall–Kier alpha value is -1.60. The standard InChI is InChI=1S/C14H19N3O/c1-10-6-11(2)16-14(13(10)7-15)17-5-4-12(8-17)9-18-3/h6,12H,4-5,8-9H2,1-3H3. The van der Waals surface area contributed by atoms with Gasteiger partial charge in [-0.1, -0.05) is 0 Å². The number of nitrogens with zero attached hydrogens (tertiary/aromatic N) is 3. The lowest BCUT2D eigenvalue weighted by molar-refractivity contribution is 0.161. The van der Waals surface area contributed by atoms with Crippen molar-refractivity contribution in [3.05, 3.63) is 22.9 Å². The molecule has 96 valence electrons. The van der Waals surface area contributed by atoms with Gasteiger partial charge in [0.05, 0.1) is 12.2 Å². The molecule has 2 heterocycles. The maximum absolute atomic E-state index is 9.28. The first-order chi connectivity index (χ1) is 8.65. The topological polar surface area (TPSA) is 49.1 Å². The van der Waals surface area contributed by atoms with Crippen LogP contribution < -0.4 is 4.90 Å². The van der Waals surface area contributed by atoms with Crippen LogP contribution in [0.3, 0.4) is 0 Å². The van der Waals surface area contributed by atoms with E-state index in [9.17, 15) is 5.26 Å². The second-order valence-corrected chi connectivity index (χ2v) is 4.95. The van der Waals surface area contributed by atoms with Gasteiger partial charge in [-0.2, -0.15) is 5.26 Å². The third-order valence-corrected chi connectivity index (χ3v) is 3.43. The van der Waals surface area contributed by atoms with Crippen LogP contribution in [-0.4, -0.2) is 31.8 Å². The van der Waals surface area contributed by atoms with Crippen molar-refractivity contribution in [2.24, 2.45) is 5.92 Å². The first-order valence-electron chi connectivity index (χ1n) is 6.28. The molecule has 0 amide bonds. The summed E-state index contributed by atoms with van der Waals surface area (Å²) >= 11 is 0. The van der Waals surface area contributed by atoms with Gasteiger partial charge in [0.15, 0.2) is 0 Å². The van der Waals surface area contributed by atoms with Crippen molar-refractivity contribution in [3.8, 4) is 6.07 Å². The van der Waals surface area contributed by atoms with Crippen LogP contribution in [0.25, 0.3) is 0 Å². The average Bonchev–Trinajstić information content (AvgIpc) is 2.77. The molecule has 1 aromatic heterocycles. The van der Waals surface area contributed by atoms with Crippen molar-refractivity contribution in [2.45, 2.75) is 20.3 Å². The number of rotatable bonds is 3. The Morgan fingerprint density at radius 3 is 3.00 bits per heavy atom. The number of pyridine rings is 1. The zero-order valence-corrected chi connectivity index (χ0v) is 11.2. The molecule has 1 aliphatic rings. The van der Waals surface area contributed by atoms with Crippen molar-refractivity contribution in [1.82, 2.24) is 4.98 Å². The highest BCUT2D eigenvalue weighted by molar-refractivity contribution is 5.58. The van der Waals surface area contributed by atoms with E-state index in [1.165, 1.54) is 0 Å². The monoisotopic (exact) mass is 245 g/mol. The minimum atomic E-state index is 0.546. The lowest BCUT2D eigenvalue weighted by Gasteiger charge is -2.20. The predicted molar refractivity (Wildman–Crippen MR) is 70.6 cm³/mol. The van der Waals surface area contributed by atoms with Gasteiger partial charge in [0.2, 0.25) is 0 Å². The van der Waals surface area contributed by atoms with Crippen LogP contribution in [0, 0.1) is 31.1 Å². The maximum Gasteiger partial charge on any atom is 0.147 e. The SMILES string of the molecule is COCC1CCN(c2nc(C)cc(C)c2C#N)C1. The number of nitriles is 1. The molecule has 0 saturated carbocycles. The number of hydrogen-bond donors (Lipinski definition) is 0. The summed E-state index contributed by atoms with van der Waals surface area (Å²) in [5.74, 6) is 1.39. The molecular weight excluding hydrogens is 226 g/mol. The lowest BCUT2D eigenvalue weighted by atomic mass is 10.1. The van der Waals surface area contributed by atoms with Crippen molar-refractivity contribution in [2.75, 3.05) is 31.7 Å². The van der Waals surface area contributed by atoms with Gasteiger partial charge >= 0.3 is 0 Å². The summed E-state index contributed by atoms with van der Waals surface area (Å²) in [4.78, 5) is 6.75. The van der Waals surface area contributed by atoms with Gasteiger partial charge in [-0.05, 0) is 31.9 Å². The van der Waals surface area contributed by atoms with E-state index in [1.807, 2.05) is 19.9 Å². The Bertz CT molecular complexity index is 479. The first kappa shape index (κ1) is 12.8. The van der Waals surface area contributed by atoms with Gasteiger partial charge in [-0.25, -0.2) is 4.98 Å². The summed E-state index contributed by atoms with van der Waals surface area (Å²) in [7, 11) is 1.73. The predicted octanol–water partition coefficient (Wildman–Crippen LogP) is 2.04. The van der Waals surface area contributed by atoms with E-state index in [2.05, 4.69) is 16.0 Å². The highest BCUT2D eigenvalue weighted by Crippen LogP contribution is 2.27. The van der Waals surface area contributed by atoms with Crippen molar-refractivity contribution < 1.29 is 4.74 Å². The summed E-state index contributed by atoms with van der Waals surface area (Å²) in [6.45, 7) is 6.61. The smallest absolute Gasteiger partial charge is 0.147 e. The Labute approximate surface area is 108 Å². The van der Waals surface area contributed by atoms with Gasteiger partial charge in [0.25, 0.3) is 0 Å². The zero-order valence-electron chi connectivity index (χ0n) is 11.2. The molecule has 1 unspecified atom stereocenters. The largest absolute Gasteiger partial charge is 0.384 e. The lowest BCUT2D eigenvalue weighted by Crippen LogP contribution is -2.23. The highest BCUT2D eigenvalue weighted by atomic mass is 16.5. The van der Waals surface area contributed by atoms with Crippen LogP contribution in [0.1, 0.15) is 23.2 Å². The van der Waals surface area contributed by atoms with E-state index in [0.29, 0.717) is 11.5 Å². The second-order valence-electron chi connectivity index (χ2n) is 4.95. The van der Waals surface area contributed by atoms with E-state index in [1.54, 1.807) is 7.11 Å². The number of anilines is 1. The van der Waals surface area contributed by atoms with Gasteiger partial charge in [0.1, 0.15) is 11.9 Å². The average molecular weight is 245 g/mol. The first-order valence-corrected chi connectivity index (χ1v) is 6.28. The summed E-state index contributed by atoms with van der Waals surface area (Å²) in [5.41, 5.74) is 2.69. The molecule has 1 saturated heterocycles. The summed E-state index contributed by atoms with van der Waals surface area (Å²) in [6.07, 6.45) is 1.10. The normalized spacial score (nSPS) is 19.0. The fourth-order valence-corrected chi connectivity index (χ4v) is 2.58. The molecule has 18 heavy (non-hydrogen) atoms. The molecule has 0 radical (unpaired) electrons. The summed E-state index contributed by atoms with van der Waals surface area (Å²) in [5, 5.41) is 9.28. The van der Waals surface area contributed by atoms with Crippen molar-refractivity contribution in [3.63, 3.8) is 0 Å². The van der Waals surface area contributed by atoms with Gasteiger partial charge in [-0.3, -0.25) is 0 Å². The van der Waals surface area contributed by atoms with Gasteiger partial charge < -0.3 is 9.64 Å². The Morgan fingerprint density at radius 1 is 1.56 bits per heavy atom. The third-order valence-electron chi connectivity index (χ3n) is 3.43. The quantitative estimate of drug-likeness (QED) is 0.817. The van der Waals surface area contributed by atoms with Gasteiger partial charge in [-0.15, -0.1) is 0 Å². The maximum atomic E-state index is 9.28. The molecule has 4 nitrogen and oxygen atoms in total. The fourth-order valence-electron chi connectivity index (χ4n) is 2.58. The van der Waals surface area contributed by atoms with E-state index in [0.717, 1.165) is 43.2 Å². The zero-order chi connectivity index (χ0) is 13.1. The Balaban J connectivity index is 2.27. The summed E-state index contributed by atoms with van der Waals surface area (Å²) < 4.78 is 5.20. The molecule has 4 heteroatoms. The van der Waals surface area contributed by atoms with Crippen LogP contribution in [0.5, 0.6) is 0 Å². The number of hydrogen-bond acceptors (Lipinski definition) is 4. The molecule has 1 aromatic rings. The molecule has 0 bridgehead atoms. The van der Waals surface area contributed by atoms with E-state index in [4.69, 9.17) is 4.74 Å². The van der Waals surface area contributed by atoms with Crippen LogP contribution in [0.15, 0.2) is 6.07 Å². The summed E-state index contributed by atoms with van der Waals surface area (Å²) in [6, 6.07) is 4.24. The van der Waals surface area contributed by atoms with Crippen molar-refractivity contribution >= 4 is 5.82 Å². The van der Waals surface area contributed by atoms with Crippen LogP contribution in [-0.2, 0) is 4.74 Å². The second kappa shape index (κ2) is 5.36. The number of ether oxygens (including phenoxy) is 1.